The van der Waals surface area contributed by atoms with Crippen LogP contribution >= 0.6 is 0 Å². The fourth-order valence-corrected chi connectivity index (χ4v) is 3.67. The maximum atomic E-state index is 5.67. The van der Waals surface area contributed by atoms with Crippen molar-refractivity contribution in [1.29, 1.82) is 0 Å². The second kappa shape index (κ2) is 7.22. The van der Waals surface area contributed by atoms with Gasteiger partial charge in [0.05, 0.1) is 6.54 Å². The van der Waals surface area contributed by atoms with Crippen molar-refractivity contribution in [2.75, 3.05) is 32.1 Å². The SMILES string of the molecule is CCc1nc2c(N3CCC(c4nnc(CN(C)C)n4C)CC3)ncnc2o1. The lowest BCUT2D eigenvalue weighted by Gasteiger charge is -2.32. The summed E-state index contributed by atoms with van der Waals surface area (Å²) in [5.74, 6) is 4.07. The van der Waals surface area contributed by atoms with E-state index in [0.29, 0.717) is 17.5 Å². The maximum absolute atomic E-state index is 5.67. The summed E-state index contributed by atoms with van der Waals surface area (Å²) in [5.41, 5.74) is 1.33. The quantitative estimate of drug-likeness (QED) is 0.671. The van der Waals surface area contributed by atoms with Gasteiger partial charge >= 0.3 is 0 Å². The lowest BCUT2D eigenvalue weighted by molar-refractivity contribution is 0.382. The van der Waals surface area contributed by atoms with E-state index < -0.39 is 0 Å². The molecule has 0 aliphatic carbocycles. The Kier molecular flexibility index (Phi) is 4.77. The molecule has 9 heteroatoms. The molecule has 0 N–H and O–H groups in total. The number of rotatable bonds is 5. The summed E-state index contributed by atoms with van der Waals surface area (Å²) in [6.45, 7) is 4.63. The third-order valence-electron chi connectivity index (χ3n) is 5.14. The number of fused-ring (bicyclic) bond motifs is 1. The van der Waals surface area contributed by atoms with Crippen LogP contribution in [0.3, 0.4) is 0 Å². The molecule has 0 atom stereocenters. The van der Waals surface area contributed by atoms with Crippen molar-refractivity contribution in [2.24, 2.45) is 7.05 Å². The van der Waals surface area contributed by atoms with E-state index in [9.17, 15) is 0 Å². The van der Waals surface area contributed by atoms with Crippen LogP contribution in [-0.4, -0.2) is 61.8 Å². The van der Waals surface area contributed by atoms with Gasteiger partial charge in [0.25, 0.3) is 5.71 Å². The Morgan fingerprint density at radius 3 is 2.67 bits per heavy atom. The number of oxazole rings is 1. The first-order chi connectivity index (χ1) is 13.1. The average Bonchev–Trinajstić information content (AvgIpc) is 3.25. The number of aryl methyl sites for hydroxylation is 1. The fourth-order valence-electron chi connectivity index (χ4n) is 3.67. The number of nitrogens with zero attached hydrogens (tertiary/aromatic N) is 8. The molecule has 1 aliphatic rings. The topological polar surface area (TPSA) is 89.0 Å². The predicted molar refractivity (Wildman–Crippen MR) is 102 cm³/mol. The van der Waals surface area contributed by atoms with Crippen LogP contribution in [0.5, 0.6) is 0 Å². The summed E-state index contributed by atoms with van der Waals surface area (Å²) >= 11 is 0. The van der Waals surface area contributed by atoms with Gasteiger partial charge in [-0.2, -0.15) is 4.98 Å². The lowest BCUT2D eigenvalue weighted by Crippen LogP contribution is -2.34. The number of anilines is 1. The van der Waals surface area contributed by atoms with Crippen molar-refractivity contribution in [3.63, 3.8) is 0 Å². The molecule has 0 saturated carbocycles. The first-order valence-electron chi connectivity index (χ1n) is 9.45. The summed E-state index contributed by atoms with van der Waals surface area (Å²) in [6.07, 6.45) is 4.33. The summed E-state index contributed by atoms with van der Waals surface area (Å²) in [6, 6.07) is 0. The van der Waals surface area contributed by atoms with E-state index in [1.807, 2.05) is 21.0 Å². The van der Waals surface area contributed by atoms with Crippen LogP contribution in [0.1, 0.15) is 43.2 Å². The molecule has 0 spiro atoms. The minimum Gasteiger partial charge on any atom is -0.422 e. The van der Waals surface area contributed by atoms with Crippen molar-refractivity contribution < 1.29 is 4.42 Å². The van der Waals surface area contributed by atoms with Gasteiger partial charge in [0, 0.05) is 32.5 Å². The monoisotopic (exact) mass is 370 g/mol. The number of hydrogen-bond acceptors (Lipinski definition) is 8. The van der Waals surface area contributed by atoms with Gasteiger partial charge in [-0.25, -0.2) is 9.97 Å². The van der Waals surface area contributed by atoms with Crippen molar-refractivity contribution in [3.05, 3.63) is 23.9 Å². The molecule has 1 saturated heterocycles. The molecule has 1 aliphatic heterocycles. The van der Waals surface area contributed by atoms with Crippen LogP contribution < -0.4 is 4.90 Å². The molecule has 27 heavy (non-hydrogen) atoms. The molecule has 0 aromatic carbocycles. The number of piperidine rings is 1. The van der Waals surface area contributed by atoms with Crippen molar-refractivity contribution in [1.82, 2.24) is 34.6 Å². The highest BCUT2D eigenvalue weighted by molar-refractivity contribution is 5.81. The van der Waals surface area contributed by atoms with Gasteiger partial charge in [-0.1, -0.05) is 6.92 Å². The molecule has 0 radical (unpaired) electrons. The fraction of sp³-hybridized carbons (Fsp3) is 0.611. The lowest BCUT2D eigenvalue weighted by atomic mass is 9.96. The average molecular weight is 370 g/mol. The van der Waals surface area contributed by atoms with E-state index in [4.69, 9.17) is 4.42 Å². The normalized spacial score (nSPS) is 16.0. The summed E-state index contributed by atoms with van der Waals surface area (Å²) in [4.78, 5) is 17.6. The van der Waals surface area contributed by atoms with Crippen molar-refractivity contribution >= 4 is 17.0 Å². The van der Waals surface area contributed by atoms with Gasteiger partial charge in [0.15, 0.2) is 17.2 Å². The highest BCUT2D eigenvalue weighted by atomic mass is 16.4. The van der Waals surface area contributed by atoms with E-state index in [-0.39, 0.29) is 0 Å². The number of aromatic nitrogens is 6. The van der Waals surface area contributed by atoms with E-state index in [1.165, 1.54) is 0 Å². The minimum atomic E-state index is 0.413. The van der Waals surface area contributed by atoms with E-state index in [0.717, 1.165) is 61.9 Å². The van der Waals surface area contributed by atoms with Crippen molar-refractivity contribution in [2.45, 2.75) is 38.6 Å². The third-order valence-corrected chi connectivity index (χ3v) is 5.14. The highest BCUT2D eigenvalue weighted by Gasteiger charge is 2.27. The zero-order chi connectivity index (χ0) is 19.0. The largest absolute Gasteiger partial charge is 0.422 e. The Bertz CT molecular complexity index is 923. The Morgan fingerprint density at radius 1 is 1.19 bits per heavy atom. The second-order valence-electron chi connectivity index (χ2n) is 7.34. The molecule has 9 nitrogen and oxygen atoms in total. The molecule has 0 bridgehead atoms. The molecule has 3 aromatic heterocycles. The van der Waals surface area contributed by atoms with E-state index in [1.54, 1.807) is 6.33 Å². The van der Waals surface area contributed by atoms with E-state index in [2.05, 4.69) is 46.6 Å². The van der Waals surface area contributed by atoms with Gasteiger partial charge in [0.1, 0.15) is 18.0 Å². The predicted octanol–water partition coefficient (Wildman–Crippen LogP) is 1.75. The second-order valence-corrected chi connectivity index (χ2v) is 7.34. The van der Waals surface area contributed by atoms with E-state index >= 15 is 0 Å². The molecule has 4 heterocycles. The summed E-state index contributed by atoms with van der Waals surface area (Å²) in [5, 5.41) is 8.85. The zero-order valence-electron chi connectivity index (χ0n) is 16.4. The maximum Gasteiger partial charge on any atom is 0.252 e. The van der Waals surface area contributed by atoms with Crippen molar-refractivity contribution in [3.8, 4) is 0 Å². The molecule has 4 rings (SSSR count). The minimum absolute atomic E-state index is 0.413. The molecule has 0 amide bonds. The Hall–Kier alpha value is -2.55. The highest BCUT2D eigenvalue weighted by Crippen LogP contribution is 2.31. The molecule has 1 fully saturated rings. The zero-order valence-corrected chi connectivity index (χ0v) is 16.4. The van der Waals surface area contributed by atoms with Crippen LogP contribution in [0.15, 0.2) is 10.7 Å². The third kappa shape index (κ3) is 3.39. The smallest absolute Gasteiger partial charge is 0.252 e. The molecule has 3 aromatic rings. The Morgan fingerprint density at radius 2 is 1.96 bits per heavy atom. The first-order valence-corrected chi connectivity index (χ1v) is 9.45. The van der Waals surface area contributed by atoms with Crippen LogP contribution in [-0.2, 0) is 20.0 Å². The number of hydrogen-bond donors (Lipinski definition) is 0. The van der Waals surface area contributed by atoms with Crippen LogP contribution in [0.25, 0.3) is 11.2 Å². The Labute approximate surface area is 158 Å². The van der Waals surface area contributed by atoms with Gasteiger partial charge in [-0.3, -0.25) is 0 Å². The van der Waals surface area contributed by atoms with Gasteiger partial charge in [0.2, 0.25) is 0 Å². The summed E-state index contributed by atoms with van der Waals surface area (Å²) in [7, 11) is 6.16. The van der Waals surface area contributed by atoms with Crippen LogP contribution in [0, 0.1) is 0 Å². The summed E-state index contributed by atoms with van der Waals surface area (Å²) < 4.78 is 7.82. The first kappa shape index (κ1) is 17.8. The molecule has 144 valence electrons. The van der Waals surface area contributed by atoms with Crippen LogP contribution in [0.2, 0.25) is 0 Å². The van der Waals surface area contributed by atoms with Gasteiger partial charge in [-0.15, -0.1) is 10.2 Å². The Balaban J connectivity index is 1.50. The standard InChI is InChI=1S/C18H26N8O/c1-5-14-21-15-17(19-11-20-18(15)27-14)26-8-6-12(7-9-26)16-23-22-13(25(16)4)10-24(2)3/h11-12H,5-10H2,1-4H3. The van der Waals surface area contributed by atoms with Gasteiger partial charge in [-0.05, 0) is 26.9 Å². The molecule has 0 unspecified atom stereocenters. The van der Waals surface area contributed by atoms with Gasteiger partial charge < -0.3 is 18.8 Å². The molecular formula is C18H26N8O. The van der Waals surface area contributed by atoms with Crippen LogP contribution in [0.4, 0.5) is 5.82 Å². The molecular weight excluding hydrogens is 344 g/mol.